The molecule has 112 valence electrons. The SMILES string of the molecule is CCCON(OCC)C1CCc2c(ccc(O)c2O)C1. The smallest absolute Gasteiger partial charge is 0.160 e. The predicted octanol–water partition coefficient (Wildman–Crippen LogP) is 2.55. The molecule has 1 aromatic rings. The van der Waals surface area contributed by atoms with Gasteiger partial charge in [0, 0.05) is 5.56 Å². The minimum absolute atomic E-state index is 0.0124. The molecule has 5 heteroatoms. The molecule has 1 atom stereocenters. The van der Waals surface area contributed by atoms with Crippen LogP contribution in [0.1, 0.15) is 37.8 Å². The largest absolute Gasteiger partial charge is 0.504 e. The predicted molar refractivity (Wildman–Crippen MR) is 75.3 cm³/mol. The van der Waals surface area contributed by atoms with Crippen LogP contribution in [0.3, 0.4) is 0 Å². The summed E-state index contributed by atoms with van der Waals surface area (Å²) in [6, 6.07) is 3.53. The van der Waals surface area contributed by atoms with Gasteiger partial charge in [0.05, 0.1) is 19.3 Å². The second-order valence-corrected chi connectivity index (χ2v) is 5.00. The number of hydrogen-bond donors (Lipinski definition) is 2. The lowest BCUT2D eigenvalue weighted by Gasteiger charge is -2.33. The summed E-state index contributed by atoms with van der Waals surface area (Å²) in [6.45, 7) is 5.18. The molecule has 0 aromatic heterocycles. The number of rotatable bonds is 6. The van der Waals surface area contributed by atoms with Gasteiger partial charge in [-0.2, -0.15) is 0 Å². The van der Waals surface area contributed by atoms with Crippen LogP contribution >= 0.6 is 0 Å². The van der Waals surface area contributed by atoms with E-state index in [2.05, 4.69) is 6.92 Å². The Balaban J connectivity index is 2.10. The average Bonchev–Trinajstić information content (AvgIpc) is 2.47. The zero-order valence-electron chi connectivity index (χ0n) is 12.1. The molecule has 1 aromatic carbocycles. The molecule has 0 amide bonds. The highest BCUT2D eigenvalue weighted by molar-refractivity contribution is 5.50. The number of hydroxylamine groups is 2. The van der Waals surface area contributed by atoms with Crippen molar-refractivity contribution in [2.24, 2.45) is 0 Å². The molecule has 0 radical (unpaired) electrons. The standard InChI is InChI=1S/C15H23NO4/c1-3-9-20-16(19-4-2)12-6-7-13-11(10-12)5-8-14(17)15(13)18/h5,8,12,17-18H,3-4,6-7,9-10H2,1-2H3. The van der Waals surface area contributed by atoms with Crippen molar-refractivity contribution in [3.8, 4) is 11.5 Å². The number of hydrogen-bond acceptors (Lipinski definition) is 5. The molecule has 20 heavy (non-hydrogen) atoms. The van der Waals surface area contributed by atoms with E-state index in [0.717, 1.165) is 30.4 Å². The van der Waals surface area contributed by atoms with Crippen molar-refractivity contribution in [1.29, 1.82) is 0 Å². The Morgan fingerprint density at radius 1 is 1.25 bits per heavy atom. The van der Waals surface area contributed by atoms with Crippen molar-refractivity contribution in [3.63, 3.8) is 0 Å². The molecule has 0 spiro atoms. The topological polar surface area (TPSA) is 62.2 Å². The van der Waals surface area contributed by atoms with Crippen molar-refractivity contribution >= 4 is 0 Å². The second kappa shape index (κ2) is 6.92. The highest BCUT2D eigenvalue weighted by Gasteiger charge is 2.28. The van der Waals surface area contributed by atoms with Crippen LogP contribution in [0.2, 0.25) is 0 Å². The molecule has 0 bridgehead atoms. The van der Waals surface area contributed by atoms with E-state index in [-0.39, 0.29) is 17.5 Å². The minimum atomic E-state index is -0.0499. The van der Waals surface area contributed by atoms with Crippen LogP contribution in [0, 0.1) is 0 Å². The number of phenols is 2. The van der Waals surface area contributed by atoms with Crippen molar-refractivity contribution in [1.82, 2.24) is 5.23 Å². The van der Waals surface area contributed by atoms with Gasteiger partial charge in [-0.3, -0.25) is 9.68 Å². The molecular formula is C15H23NO4. The van der Waals surface area contributed by atoms with E-state index in [0.29, 0.717) is 19.6 Å². The Bertz CT molecular complexity index is 450. The van der Waals surface area contributed by atoms with Crippen LogP contribution in [0.4, 0.5) is 0 Å². The molecule has 1 unspecified atom stereocenters. The summed E-state index contributed by atoms with van der Waals surface area (Å²) in [6.07, 6.45) is 3.21. The average molecular weight is 281 g/mol. The maximum Gasteiger partial charge on any atom is 0.160 e. The van der Waals surface area contributed by atoms with Crippen LogP contribution in [-0.2, 0) is 22.5 Å². The van der Waals surface area contributed by atoms with E-state index in [1.165, 1.54) is 6.07 Å². The summed E-state index contributed by atoms with van der Waals surface area (Å²) in [4.78, 5) is 11.2. The summed E-state index contributed by atoms with van der Waals surface area (Å²) in [7, 11) is 0. The monoisotopic (exact) mass is 281 g/mol. The van der Waals surface area contributed by atoms with Gasteiger partial charge in [0.2, 0.25) is 0 Å². The summed E-state index contributed by atoms with van der Waals surface area (Å²) in [5.41, 5.74) is 1.88. The lowest BCUT2D eigenvalue weighted by molar-refractivity contribution is -0.387. The van der Waals surface area contributed by atoms with Gasteiger partial charge in [-0.1, -0.05) is 18.2 Å². The Kier molecular flexibility index (Phi) is 5.23. The number of phenolic OH excluding ortho intramolecular Hbond substituents is 2. The fraction of sp³-hybridized carbons (Fsp3) is 0.600. The zero-order chi connectivity index (χ0) is 14.5. The lowest BCUT2D eigenvalue weighted by Crippen LogP contribution is -2.39. The summed E-state index contributed by atoms with van der Waals surface area (Å²) >= 11 is 0. The molecule has 0 saturated carbocycles. The molecule has 0 fully saturated rings. The van der Waals surface area contributed by atoms with Crippen LogP contribution in [-0.4, -0.2) is 34.7 Å². The quantitative estimate of drug-likeness (QED) is 0.620. The third kappa shape index (κ3) is 3.23. The van der Waals surface area contributed by atoms with Gasteiger partial charge in [0.15, 0.2) is 11.5 Å². The van der Waals surface area contributed by atoms with Crippen molar-refractivity contribution in [3.05, 3.63) is 23.3 Å². The zero-order valence-corrected chi connectivity index (χ0v) is 12.1. The molecule has 0 aliphatic heterocycles. The Morgan fingerprint density at radius 2 is 2.05 bits per heavy atom. The first kappa shape index (κ1) is 15.1. The van der Waals surface area contributed by atoms with Crippen molar-refractivity contribution in [2.75, 3.05) is 13.2 Å². The minimum Gasteiger partial charge on any atom is -0.504 e. The van der Waals surface area contributed by atoms with E-state index in [4.69, 9.17) is 9.68 Å². The number of aromatic hydroxyl groups is 2. The summed E-state index contributed by atoms with van der Waals surface area (Å²) in [5.74, 6) is -0.0375. The maximum atomic E-state index is 9.89. The molecule has 1 aliphatic rings. The lowest BCUT2D eigenvalue weighted by atomic mass is 9.87. The summed E-state index contributed by atoms with van der Waals surface area (Å²) < 4.78 is 0. The first-order valence-electron chi connectivity index (χ1n) is 7.25. The van der Waals surface area contributed by atoms with E-state index in [1.807, 2.05) is 13.0 Å². The van der Waals surface area contributed by atoms with Gasteiger partial charge in [-0.05, 0) is 44.2 Å². The van der Waals surface area contributed by atoms with Crippen LogP contribution in [0.15, 0.2) is 12.1 Å². The molecule has 5 nitrogen and oxygen atoms in total. The molecule has 2 N–H and O–H groups in total. The van der Waals surface area contributed by atoms with Gasteiger partial charge in [-0.15, -0.1) is 0 Å². The van der Waals surface area contributed by atoms with Gasteiger partial charge >= 0.3 is 0 Å². The Morgan fingerprint density at radius 3 is 2.75 bits per heavy atom. The van der Waals surface area contributed by atoms with Crippen molar-refractivity contribution < 1.29 is 19.9 Å². The molecule has 1 aliphatic carbocycles. The first-order chi connectivity index (χ1) is 9.67. The highest BCUT2D eigenvalue weighted by atomic mass is 16.9. The number of nitrogens with zero attached hydrogens (tertiary/aromatic N) is 1. The van der Waals surface area contributed by atoms with Crippen LogP contribution in [0.5, 0.6) is 11.5 Å². The maximum absolute atomic E-state index is 9.89. The Labute approximate surface area is 119 Å². The molecule has 0 saturated heterocycles. The van der Waals surface area contributed by atoms with E-state index in [1.54, 1.807) is 5.23 Å². The van der Waals surface area contributed by atoms with Gasteiger partial charge in [-0.25, -0.2) is 0 Å². The van der Waals surface area contributed by atoms with Gasteiger partial charge in [0.1, 0.15) is 0 Å². The third-order valence-corrected chi connectivity index (χ3v) is 3.52. The highest BCUT2D eigenvalue weighted by Crippen LogP contribution is 2.36. The van der Waals surface area contributed by atoms with Crippen LogP contribution in [0.25, 0.3) is 0 Å². The molecule has 0 heterocycles. The van der Waals surface area contributed by atoms with Crippen LogP contribution < -0.4 is 0 Å². The fourth-order valence-corrected chi connectivity index (χ4v) is 2.54. The first-order valence-corrected chi connectivity index (χ1v) is 7.25. The summed E-state index contributed by atoms with van der Waals surface area (Å²) in [5, 5.41) is 21.0. The van der Waals surface area contributed by atoms with E-state index >= 15 is 0 Å². The van der Waals surface area contributed by atoms with E-state index in [9.17, 15) is 10.2 Å². The Hall–Kier alpha value is -1.30. The van der Waals surface area contributed by atoms with Crippen molar-refractivity contribution in [2.45, 2.75) is 45.6 Å². The van der Waals surface area contributed by atoms with Gasteiger partial charge in [0.25, 0.3) is 0 Å². The third-order valence-electron chi connectivity index (χ3n) is 3.52. The normalized spacial score (nSPS) is 18.2. The fourth-order valence-electron chi connectivity index (χ4n) is 2.54. The molecular weight excluding hydrogens is 258 g/mol. The number of fused-ring (bicyclic) bond motifs is 1. The molecule has 2 rings (SSSR count). The van der Waals surface area contributed by atoms with E-state index < -0.39 is 0 Å². The number of benzene rings is 1. The van der Waals surface area contributed by atoms with Gasteiger partial charge < -0.3 is 10.2 Å². The second-order valence-electron chi connectivity index (χ2n) is 5.00.